The van der Waals surface area contributed by atoms with E-state index in [9.17, 15) is 4.79 Å². The van der Waals surface area contributed by atoms with E-state index in [0.717, 1.165) is 12.1 Å². The van der Waals surface area contributed by atoms with Gasteiger partial charge in [0, 0.05) is 11.8 Å². The van der Waals surface area contributed by atoms with Gasteiger partial charge < -0.3 is 10.4 Å². The number of nitrogens with zero attached hydrogens (tertiary/aromatic N) is 1. The van der Waals surface area contributed by atoms with E-state index in [2.05, 4.69) is 15.6 Å². The first kappa shape index (κ1) is 14.5. The average molecular weight is 291 g/mol. The molecule has 2 aromatic rings. The fourth-order valence-electron chi connectivity index (χ4n) is 1.65. The van der Waals surface area contributed by atoms with Crippen LogP contribution in [0.3, 0.4) is 0 Å². The van der Waals surface area contributed by atoms with E-state index >= 15 is 0 Å². The molecule has 0 saturated carbocycles. The van der Waals surface area contributed by atoms with E-state index in [1.165, 1.54) is 16.9 Å². The predicted molar refractivity (Wildman–Crippen MR) is 80.1 cm³/mol. The SMILES string of the molecule is C[C@@H](CO)NC(=O)Nc1nc(Cc2ccccc2)cs1. The molecule has 1 aromatic heterocycles. The molecular weight excluding hydrogens is 274 g/mol. The molecule has 0 aliphatic heterocycles. The summed E-state index contributed by atoms with van der Waals surface area (Å²) in [5.74, 6) is 0. The van der Waals surface area contributed by atoms with E-state index in [1.807, 2.05) is 35.7 Å². The maximum absolute atomic E-state index is 11.6. The Balaban J connectivity index is 1.91. The number of urea groups is 1. The summed E-state index contributed by atoms with van der Waals surface area (Å²) < 4.78 is 0. The summed E-state index contributed by atoms with van der Waals surface area (Å²) in [5.41, 5.74) is 2.11. The Hall–Kier alpha value is -1.92. The minimum Gasteiger partial charge on any atom is -0.394 e. The largest absolute Gasteiger partial charge is 0.394 e. The number of hydrogen-bond acceptors (Lipinski definition) is 4. The van der Waals surface area contributed by atoms with Crippen LogP contribution in [-0.4, -0.2) is 28.8 Å². The van der Waals surface area contributed by atoms with Crippen molar-refractivity contribution in [3.63, 3.8) is 0 Å². The zero-order chi connectivity index (χ0) is 14.4. The van der Waals surface area contributed by atoms with Gasteiger partial charge in [-0.3, -0.25) is 5.32 Å². The van der Waals surface area contributed by atoms with Gasteiger partial charge in [0.15, 0.2) is 5.13 Å². The van der Waals surface area contributed by atoms with Crippen LogP contribution in [0, 0.1) is 0 Å². The second-order valence-corrected chi connectivity index (χ2v) is 5.35. The molecule has 5 nitrogen and oxygen atoms in total. The highest BCUT2D eigenvalue weighted by atomic mass is 32.1. The summed E-state index contributed by atoms with van der Waals surface area (Å²) in [6.07, 6.45) is 0.744. The van der Waals surface area contributed by atoms with Crippen molar-refractivity contribution < 1.29 is 9.90 Å². The number of amides is 2. The molecule has 0 radical (unpaired) electrons. The first-order chi connectivity index (χ1) is 9.67. The summed E-state index contributed by atoms with van der Waals surface area (Å²) in [5, 5.41) is 16.6. The van der Waals surface area contributed by atoms with Crippen molar-refractivity contribution in [2.24, 2.45) is 0 Å². The quantitative estimate of drug-likeness (QED) is 0.791. The third kappa shape index (κ3) is 4.32. The van der Waals surface area contributed by atoms with Gasteiger partial charge in [-0.1, -0.05) is 30.3 Å². The summed E-state index contributed by atoms with van der Waals surface area (Å²) in [4.78, 5) is 15.9. The van der Waals surface area contributed by atoms with Gasteiger partial charge in [-0.05, 0) is 12.5 Å². The number of thiazole rings is 1. The van der Waals surface area contributed by atoms with Gasteiger partial charge >= 0.3 is 6.03 Å². The van der Waals surface area contributed by atoms with E-state index in [4.69, 9.17) is 5.11 Å². The van der Waals surface area contributed by atoms with Gasteiger partial charge in [-0.2, -0.15) is 0 Å². The smallest absolute Gasteiger partial charge is 0.321 e. The molecule has 2 rings (SSSR count). The summed E-state index contributed by atoms with van der Waals surface area (Å²) in [7, 11) is 0. The number of carbonyl (C=O) groups excluding carboxylic acids is 1. The highest BCUT2D eigenvalue weighted by Crippen LogP contribution is 2.17. The lowest BCUT2D eigenvalue weighted by molar-refractivity contribution is 0.229. The number of hydrogen-bond donors (Lipinski definition) is 3. The van der Waals surface area contributed by atoms with Crippen LogP contribution in [0.4, 0.5) is 9.93 Å². The molecule has 0 aliphatic carbocycles. The maximum Gasteiger partial charge on any atom is 0.321 e. The van der Waals surface area contributed by atoms with E-state index < -0.39 is 0 Å². The third-order valence-corrected chi connectivity index (χ3v) is 3.46. The van der Waals surface area contributed by atoms with Crippen LogP contribution in [-0.2, 0) is 6.42 Å². The molecule has 3 N–H and O–H groups in total. The molecule has 20 heavy (non-hydrogen) atoms. The van der Waals surface area contributed by atoms with Crippen LogP contribution in [0.1, 0.15) is 18.2 Å². The van der Waals surface area contributed by atoms with Crippen LogP contribution in [0.15, 0.2) is 35.7 Å². The molecule has 0 fully saturated rings. The van der Waals surface area contributed by atoms with Crippen LogP contribution in [0.2, 0.25) is 0 Å². The summed E-state index contributed by atoms with van der Waals surface area (Å²) >= 11 is 1.39. The van der Waals surface area contributed by atoms with Crippen LogP contribution in [0.5, 0.6) is 0 Å². The van der Waals surface area contributed by atoms with Gasteiger partial charge in [0.1, 0.15) is 0 Å². The van der Waals surface area contributed by atoms with Crippen LogP contribution >= 0.6 is 11.3 Å². The van der Waals surface area contributed by atoms with Crippen molar-refractivity contribution in [1.82, 2.24) is 10.3 Å². The van der Waals surface area contributed by atoms with Crippen molar-refractivity contribution in [3.05, 3.63) is 47.0 Å². The molecule has 0 aliphatic rings. The monoisotopic (exact) mass is 291 g/mol. The number of nitrogens with one attached hydrogen (secondary N) is 2. The van der Waals surface area contributed by atoms with Gasteiger partial charge in [0.05, 0.1) is 18.3 Å². The lowest BCUT2D eigenvalue weighted by atomic mass is 10.1. The molecule has 0 bridgehead atoms. The zero-order valence-electron chi connectivity index (χ0n) is 11.2. The normalized spacial score (nSPS) is 11.9. The zero-order valence-corrected chi connectivity index (χ0v) is 12.0. The Kier molecular flexibility index (Phi) is 5.09. The van der Waals surface area contributed by atoms with E-state index in [1.54, 1.807) is 6.92 Å². The number of aliphatic hydroxyl groups excluding tert-OH is 1. The molecule has 6 heteroatoms. The van der Waals surface area contributed by atoms with Gasteiger partial charge in [-0.15, -0.1) is 11.3 Å². The second kappa shape index (κ2) is 7.02. The first-order valence-corrected chi connectivity index (χ1v) is 7.22. The summed E-state index contributed by atoms with van der Waals surface area (Å²) in [6.45, 7) is 1.63. The fourth-order valence-corrected chi connectivity index (χ4v) is 2.36. The highest BCUT2D eigenvalue weighted by molar-refractivity contribution is 7.13. The number of aromatic nitrogens is 1. The van der Waals surface area contributed by atoms with E-state index in [0.29, 0.717) is 5.13 Å². The molecule has 0 unspecified atom stereocenters. The van der Waals surface area contributed by atoms with Gasteiger partial charge in [-0.25, -0.2) is 9.78 Å². The average Bonchev–Trinajstić information content (AvgIpc) is 2.86. The minimum atomic E-state index is -0.354. The number of aliphatic hydroxyl groups is 1. The van der Waals surface area contributed by atoms with Crippen LogP contribution < -0.4 is 10.6 Å². The Morgan fingerprint density at radius 2 is 2.15 bits per heavy atom. The summed E-state index contributed by atoms with van der Waals surface area (Å²) in [6, 6.07) is 9.41. The number of carbonyl (C=O) groups is 1. The fraction of sp³-hybridized carbons (Fsp3) is 0.286. The van der Waals surface area contributed by atoms with Gasteiger partial charge in [0.2, 0.25) is 0 Å². The standard InChI is InChI=1S/C14H17N3O2S/c1-10(8-18)15-13(19)17-14-16-12(9-20-14)7-11-5-3-2-4-6-11/h2-6,9-10,18H,7-8H2,1H3,(H2,15,16,17,19)/t10-/m0/s1. The number of benzene rings is 1. The Bertz CT molecular complexity index is 557. The number of anilines is 1. The lowest BCUT2D eigenvalue weighted by Gasteiger charge is -2.10. The molecule has 2 amide bonds. The van der Waals surface area contributed by atoms with E-state index in [-0.39, 0.29) is 18.7 Å². The predicted octanol–water partition coefficient (Wildman–Crippen LogP) is 2.24. The Morgan fingerprint density at radius 1 is 1.40 bits per heavy atom. The van der Waals surface area contributed by atoms with Crippen molar-refractivity contribution in [3.8, 4) is 0 Å². The highest BCUT2D eigenvalue weighted by Gasteiger charge is 2.09. The van der Waals surface area contributed by atoms with Crippen molar-refractivity contribution in [1.29, 1.82) is 0 Å². The van der Waals surface area contributed by atoms with Crippen molar-refractivity contribution >= 4 is 22.5 Å². The third-order valence-electron chi connectivity index (χ3n) is 2.65. The second-order valence-electron chi connectivity index (χ2n) is 4.49. The Labute approximate surface area is 121 Å². The molecule has 1 atom stereocenters. The molecule has 1 aromatic carbocycles. The topological polar surface area (TPSA) is 74.2 Å². The number of rotatable bonds is 5. The molecule has 0 saturated heterocycles. The molecular formula is C14H17N3O2S. The van der Waals surface area contributed by atoms with Crippen molar-refractivity contribution in [2.45, 2.75) is 19.4 Å². The molecule has 0 spiro atoms. The minimum absolute atomic E-state index is 0.0927. The van der Waals surface area contributed by atoms with Gasteiger partial charge in [0.25, 0.3) is 0 Å². The molecule has 106 valence electrons. The lowest BCUT2D eigenvalue weighted by Crippen LogP contribution is -2.38. The van der Waals surface area contributed by atoms with Crippen LogP contribution in [0.25, 0.3) is 0 Å². The van der Waals surface area contributed by atoms with Crippen molar-refractivity contribution in [2.75, 3.05) is 11.9 Å². The molecule has 1 heterocycles. The maximum atomic E-state index is 11.6. The first-order valence-electron chi connectivity index (χ1n) is 6.34. The Morgan fingerprint density at radius 3 is 2.85 bits per heavy atom.